The largest absolute Gasteiger partial charge is 0.396 e. The van der Waals surface area contributed by atoms with Gasteiger partial charge >= 0.3 is 0 Å². The highest BCUT2D eigenvalue weighted by atomic mass is 79.9. The van der Waals surface area contributed by atoms with Gasteiger partial charge in [0.1, 0.15) is 0 Å². The maximum Gasteiger partial charge on any atom is 0.252 e. The molecular formula is C14H20BrNO2. The molecule has 0 spiro atoms. The molecule has 1 aromatic carbocycles. The lowest BCUT2D eigenvalue weighted by Gasteiger charge is -2.29. The van der Waals surface area contributed by atoms with Crippen LogP contribution in [-0.4, -0.2) is 23.2 Å². The summed E-state index contributed by atoms with van der Waals surface area (Å²) in [5.74, 6) is -0.108. The summed E-state index contributed by atoms with van der Waals surface area (Å²) in [6.45, 7) is 5.97. The summed E-state index contributed by atoms with van der Waals surface area (Å²) in [6.07, 6.45) is 1.33. The minimum Gasteiger partial charge on any atom is -0.396 e. The van der Waals surface area contributed by atoms with Crippen molar-refractivity contribution in [2.75, 3.05) is 6.61 Å². The van der Waals surface area contributed by atoms with E-state index >= 15 is 0 Å². The fourth-order valence-electron chi connectivity index (χ4n) is 1.74. The number of hydrogen-bond donors (Lipinski definition) is 2. The highest BCUT2D eigenvalue weighted by molar-refractivity contribution is 9.10. The van der Waals surface area contributed by atoms with E-state index < -0.39 is 0 Å². The van der Waals surface area contributed by atoms with Gasteiger partial charge in [-0.3, -0.25) is 4.79 Å². The van der Waals surface area contributed by atoms with Gasteiger partial charge in [-0.2, -0.15) is 0 Å². The van der Waals surface area contributed by atoms with E-state index in [1.165, 1.54) is 0 Å². The van der Waals surface area contributed by atoms with Crippen LogP contribution in [0.1, 0.15) is 42.6 Å². The molecule has 0 saturated carbocycles. The van der Waals surface area contributed by atoms with Gasteiger partial charge in [0.25, 0.3) is 5.91 Å². The van der Waals surface area contributed by atoms with Crippen molar-refractivity contribution in [3.8, 4) is 0 Å². The van der Waals surface area contributed by atoms with Crippen molar-refractivity contribution in [2.45, 2.75) is 39.2 Å². The Morgan fingerprint density at radius 1 is 1.50 bits per heavy atom. The average molecular weight is 314 g/mol. The van der Waals surface area contributed by atoms with E-state index in [2.05, 4.69) is 21.2 Å². The van der Waals surface area contributed by atoms with Gasteiger partial charge in [0.2, 0.25) is 0 Å². The van der Waals surface area contributed by atoms with Gasteiger partial charge in [0.15, 0.2) is 0 Å². The zero-order valence-electron chi connectivity index (χ0n) is 11.1. The predicted octanol–water partition coefficient (Wildman–Crippen LogP) is 3.04. The molecular weight excluding hydrogens is 294 g/mol. The molecule has 0 aromatic heterocycles. The number of rotatable bonds is 5. The smallest absolute Gasteiger partial charge is 0.252 e. The van der Waals surface area contributed by atoms with Gasteiger partial charge in [0.05, 0.1) is 5.56 Å². The minimum atomic E-state index is -0.366. The number of hydrogen-bond acceptors (Lipinski definition) is 2. The van der Waals surface area contributed by atoms with Crippen LogP contribution in [0.5, 0.6) is 0 Å². The lowest BCUT2D eigenvalue weighted by Crippen LogP contribution is -2.46. The zero-order chi connectivity index (χ0) is 13.8. The van der Waals surface area contributed by atoms with Gasteiger partial charge in [-0.1, -0.05) is 19.1 Å². The van der Waals surface area contributed by atoms with Crippen LogP contribution in [0.4, 0.5) is 0 Å². The maximum absolute atomic E-state index is 12.2. The number of aliphatic hydroxyl groups excluding tert-OH is 1. The Morgan fingerprint density at radius 3 is 2.72 bits per heavy atom. The van der Waals surface area contributed by atoms with Crippen LogP contribution in [0.3, 0.4) is 0 Å². The number of aryl methyl sites for hydroxylation is 1. The molecule has 1 amide bonds. The standard InChI is InChI=1S/C14H20BrNO2/c1-4-14(3,8-9-17)16-13(18)11-7-5-6-10(2)12(11)15/h5-7,17H,4,8-9H2,1-3H3,(H,16,18). The Kier molecular flexibility index (Phi) is 5.35. The third-order valence-corrected chi connectivity index (χ3v) is 4.35. The number of nitrogens with one attached hydrogen (secondary N) is 1. The van der Waals surface area contributed by atoms with E-state index in [1.54, 1.807) is 6.07 Å². The average Bonchev–Trinajstić information content (AvgIpc) is 2.32. The molecule has 4 heteroatoms. The fourth-order valence-corrected chi connectivity index (χ4v) is 2.18. The summed E-state index contributed by atoms with van der Waals surface area (Å²) in [6, 6.07) is 5.61. The quantitative estimate of drug-likeness (QED) is 0.877. The predicted molar refractivity (Wildman–Crippen MR) is 76.7 cm³/mol. The summed E-state index contributed by atoms with van der Waals surface area (Å²) >= 11 is 3.44. The Bertz CT molecular complexity index is 434. The van der Waals surface area contributed by atoms with Crippen LogP contribution in [0.15, 0.2) is 22.7 Å². The molecule has 0 aliphatic carbocycles. The molecule has 0 radical (unpaired) electrons. The molecule has 1 rings (SSSR count). The molecule has 3 nitrogen and oxygen atoms in total. The summed E-state index contributed by atoms with van der Waals surface area (Å²) < 4.78 is 0.824. The maximum atomic E-state index is 12.2. The Balaban J connectivity index is 2.91. The van der Waals surface area contributed by atoms with Gasteiger partial charge < -0.3 is 10.4 Å². The summed E-state index contributed by atoms with van der Waals surface area (Å²) in [7, 11) is 0. The second-order valence-corrected chi connectivity index (χ2v) is 5.57. The molecule has 0 fully saturated rings. The first kappa shape index (κ1) is 15.2. The van der Waals surface area contributed by atoms with E-state index in [-0.39, 0.29) is 18.1 Å². The Labute approximate surface area is 117 Å². The van der Waals surface area contributed by atoms with E-state index in [1.807, 2.05) is 32.9 Å². The second-order valence-electron chi connectivity index (χ2n) is 4.78. The van der Waals surface area contributed by atoms with Crippen molar-refractivity contribution in [1.29, 1.82) is 0 Å². The molecule has 0 heterocycles. The van der Waals surface area contributed by atoms with E-state index in [0.29, 0.717) is 12.0 Å². The van der Waals surface area contributed by atoms with Crippen molar-refractivity contribution in [3.63, 3.8) is 0 Å². The zero-order valence-corrected chi connectivity index (χ0v) is 12.7. The van der Waals surface area contributed by atoms with Crippen molar-refractivity contribution >= 4 is 21.8 Å². The summed E-state index contributed by atoms with van der Waals surface area (Å²) in [5.41, 5.74) is 1.30. The number of halogens is 1. The molecule has 0 aliphatic rings. The van der Waals surface area contributed by atoms with Crippen molar-refractivity contribution in [1.82, 2.24) is 5.32 Å². The molecule has 0 bridgehead atoms. The molecule has 100 valence electrons. The topological polar surface area (TPSA) is 49.3 Å². The number of aliphatic hydroxyl groups is 1. The lowest BCUT2D eigenvalue weighted by atomic mass is 9.94. The van der Waals surface area contributed by atoms with E-state index in [4.69, 9.17) is 5.11 Å². The molecule has 1 atom stereocenters. The third kappa shape index (κ3) is 3.56. The molecule has 0 saturated heterocycles. The third-order valence-electron chi connectivity index (χ3n) is 3.30. The summed E-state index contributed by atoms with van der Waals surface area (Å²) in [5, 5.41) is 12.1. The normalized spacial score (nSPS) is 14.1. The van der Waals surface area contributed by atoms with Gasteiger partial charge in [0, 0.05) is 16.6 Å². The van der Waals surface area contributed by atoms with Crippen LogP contribution < -0.4 is 5.32 Å². The van der Waals surface area contributed by atoms with Crippen molar-refractivity contribution in [2.24, 2.45) is 0 Å². The number of benzene rings is 1. The number of carbonyl (C=O) groups excluding carboxylic acids is 1. The lowest BCUT2D eigenvalue weighted by molar-refractivity contribution is 0.0885. The highest BCUT2D eigenvalue weighted by Crippen LogP contribution is 2.22. The number of amides is 1. The van der Waals surface area contributed by atoms with E-state index in [0.717, 1.165) is 16.5 Å². The number of carbonyl (C=O) groups is 1. The molecule has 1 unspecified atom stereocenters. The SMILES string of the molecule is CCC(C)(CCO)NC(=O)c1cccc(C)c1Br. The Morgan fingerprint density at radius 2 is 2.17 bits per heavy atom. The van der Waals surface area contributed by atoms with Crippen LogP contribution in [0.25, 0.3) is 0 Å². The minimum absolute atomic E-state index is 0.0691. The first-order chi connectivity index (χ1) is 8.43. The van der Waals surface area contributed by atoms with Crippen LogP contribution >= 0.6 is 15.9 Å². The van der Waals surface area contributed by atoms with Crippen molar-refractivity contribution < 1.29 is 9.90 Å². The van der Waals surface area contributed by atoms with Gasteiger partial charge in [-0.25, -0.2) is 0 Å². The highest BCUT2D eigenvalue weighted by Gasteiger charge is 2.25. The monoisotopic (exact) mass is 313 g/mol. The first-order valence-corrected chi connectivity index (χ1v) is 6.91. The van der Waals surface area contributed by atoms with Crippen LogP contribution in [0, 0.1) is 6.92 Å². The summed E-state index contributed by atoms with van der Waals surface area (Å²) in [4.78, 5) is 12.2. The van der Waals surface area contributed by atoms with Crippen LogP contribution in [-0.2, 0) is 0 Å². The van der Waals surface area contributed by atoms with Gasteiger partial charge in [-0.15, -0.1) is 0 Å². The van der Waals surface area contributed by atoms with Crippen molar-refractivity contribution in [3.05, 3.63) is 33.8 Å². The Hall–Kier alpha value is -0.870. The molecule has 0 aliphatic heterocycles. The fraction of sp³-hybridized carbons (Fsp3) is 0.500. The first-order valence-electron chi connectivity index (χ1n) is 6.12. The molecule has 2 N–H and O–H groups in total. The van der Waals surface area contributed by atoms with Gasteiger partial charge in [-0.05, 0) is 54.2 Å². The second kappa shape index (κ2) is 6.34. The molecule has 1 aromatic rings. The molecule has 18 heavy (non-hydrogen) atoms. The van der Waals surface area contributed by atoms with Crippen LogP contribution in [0.2, 0.25) is 0 Å². The van der Waals surface area contributed by atoms with E-state index in [9.17, 15) is 4.79 Å².